The minimum absolute atomic E-state index is 0.106. The van der Waals surface area contributed by atoms with Crippen molar-refractivity contribution in [2.24, 2.45) is 0 Å². The van der Waals surface area contributed by atoms with E-state index in [0.717, 1.165) is 12.1 Å². The van der Waals surface area contributed by atoms with E-state index in [4.69, 9.17) is 5.11 Å². The fraction of sp³-hybridized carbons (Fsp3) is 0.500. The maximum absolute atomic E-state index is 13.8. The molecule has 1 fully saturated rings. The molecule has 0 saturated carbocycles. The standard InChI is InChI=1S/C14H16F4N2O2/c1-8(21)5-19-13(22)20-6-9(7-20)11-3-2-10(4-12(11)15)14(16,17)18/h2-4,8-9,21H,5-7H2,1H3,(H,19,22)/t8-/m1/s1. The lowest BCUT2D eigenvalue weighted by molar-refractivity contribution is -0.137. The third-order valence-electron chi connectivity index (χ3n) is 3.49. The van der Waals surface area contributed by atoms with Crippen molar-refractivity contribution >= 4 is 6.03 Å². The zero-order valence-electron chi connectivity index (χ0n) is 11.8. The fourth-order valence-electron chi connectivity index (χ4n) is 2.22. The lowest BCUT2D eigenvalue weighted by Crippen LogP contribution is -2.53. The molecule has 4 nitrogen and oxygen atoms in total. The molecule has 0 radical (unpaired) electrons. The Hall–Kier alpha value is -1.83. The van der Waals surface area contributed by atoms with Gasteiger partial charge in [-0.2, -0.15) is 13.2 Å². The molecule has 2 N–H and O–H groups in total. The Labute approximate surface area is 124 Å². The van der Waals surface area contributed by atoms with E-state index in [1.54, 1.807) is 0 Å². The van der Waals surface area contributed by atoms with E-state index in [-0.39, 0.29) is 37.1 Å². The molecular formula is C14H16F4N2O2. The number of likely N-dealkylation sites (tertiary alicyclic amines) is 1. The predicted octanol–water partition coefficient (Wildman–Crippen LogP) is 2.33. The molecule has 1 heterocycles. The topological polar surface area (TPSA) is 52.6 Å². The van der Waals surface area contributed by atoms with Gasteiger partial charge >= 0.3 is 12.2 Å². The Balaban J connectivity index is 1.95. The second-order valence-electron chi connectivity index (χ2n) is 5.37. The van der Waals surface area contributed by atoms with Crippen LogP contribution < -0.4 is 5.32 Å². The fourth-order valence-corrected chi connectivity index (χ4v) is 2.22. The number of hydrogen-bond acceptors (Lipinski definition) is 2. The predicted molar refractivity (Wildman–Crippen MR) is 70.8 cm³/mol. The second-order valence-corrected chi connectivity index (χ2v) is 5.37. The Bertz CT molecular complexity index is 554. The summed E-state index contributed by atoms with van der Waals surface area (Å²) < 4.78 is 51.2. The van der Waals surface area contributed by atoms with Crippen molar-refractivity contribution in [3.63, 3.8) is 0 Å². The van der Waals surface area contributed by atoms with Gasteiger partial charge in [0.25, 0.3) is 0 Å². The Morgan fingerprint density at radius 2 is 2.09 bits per heavy atom. The van der Waals surface area contributed by atoms with E-state index < -0.39 is 23.7 Å². The van der Waals surface area contributed by atoms with Crippen molar-refractivity contribution in [2.45, 2.75) is 25.1 Å². The number of carbonyl (C=O) groups excluding carboxylic acids is 1. The number of amides is 2. The van der Waals surface area contributed by atoms with Crippen LogP contribution in [0.4, 0.5) is 22.4 Å². The number of rotatable bonds is 3. The van der Waals surface area contributed by atoms with Crippen LogP contribution in [0.25, 0.3) is 0 Å². The van der Waals surface area contributed by atoms with Gasteiger partial charge in [-0.15, -0.1) is 0 Å². The maximum atomic E-state index is 13.8. The Morgan fingerprint density at radius 3 is 2.59 bits per heavy atom. The molecule has 0 aliphatic carbocycles. The summed E-state index contributed by atoms with van der Waals surface area (Å²) >= 11 is 0. The summed E-state index contributed by atoms with van der Waals surface area (Å²) in [4.78, 5) is 13.0. The highest BCUT2D eigenvalue weighted by molar-refractivity contribution is 5.75. The third-order valence-corrected chi connectivity index (χ3v) is 3.49. The van der Waals surface area contributed by atoms with Gasteiger partial charge in [0.1, 0.15) is 5.82 Å². The number of carbonyl (C=O) groups is 1. The first kappa shape index (κ1) is 16.5. The van der Waals surface area contributed by atoms with E-state index in [1.165, 1.54) is 11.8 Å². The lowest BCUT2D eigenvalue weighted by atomic mass is 9.90. The van der Waals surface area contributed by atoms with Gasteiger partial charge in [0.05, 0.1) is 11.7 Å². The monoisotopic (exact) mass is 320 g/mol. The van der Waals surface area contributed by atoms with E-state index in [9.17, 15) is 22.4 Å². The van der Waals surface area contributed by atoms with E-state index in [1.807, 2.05) is 0 Å². The summed E-state index contributed by atoms with van der Waals surface area (Å²) in [6, 6.07) is 2.05. The maximum Gasteiger partial charge on any atom is 0.416 e. The SMILES string of the molecule is C[C@@H](O)CNC(=O)N1CC(c2ccc(C(F)(F)F)cc2F)C1. The molecule has 2 amide bonds. The van der Waals surface area contributed by atoms with Crippen LogP contribution in [0.2, 0.25) is 0 Å². The van der Waals surface area contributed by atoms with Crippen LogP contribution in [-0.2, 0) is 6.18 Å². The first-order valence-corrected chi connectivity index (χ1v) is 6.76. The molecule has 22 heavy (non-hydrogen) atoms. The summed E-state index contributed by atoms with van der Waals surface area (Å²) in [6.07, 6.45) is -5.25. The van der Waals surface area contributed by atoms with Gasteiger partial charge in [0, 0.05) is 25.6 Å². The molecule has 1 aliphatic heterocycles. The minimum atomic E-state index is -4.58. The number of alkyl halides is 3. The molecule has 1 atom stereocenters. The molecule has 0 unspecified atom stereocenters. The van der Waals surface area contributed by atoms with Crippen molar-refractivity contribution in [3.8, 4) is 0 Å². The first-order valence-electron chi connectivity index (χ1n) is 6.76. The third kappa shape index (κ3) is 3.68. The van der Waals surface area contributed by atoms with Crippen molar-refractivity contribution in [3.05, 3.63) is 35.1 Å². The van der Waals surface area contributed by atoms with Gasteiger partial charge in [-0.05, 0) is 24.6 Å². The first-order chi connectivity index (χ1) is 10.2. The smallest absolute Gasteiger partial charge is 0.392 e. The number of aliphatic hydroxyl groups is 1. The van der Waals surface area contributed by atoms with E-state index in [0.29, 0.717) is 6.07 Å². The van der Waals surface area contributed by atoms with E-state index in [2.05, 4.69) is 5.32 Å². The zero-order chi connectivity index (χ0) is 16.5. The van der Waals surface area contributed by atoms with E-state index >= 15 is 0 Å². The van der Waals surface area contributed by atoms with Crippen molar-refractivity contribution in [2.75, 3.05) is 19.6 Å². The van der Waals surface area contributed by atoms with Gasteiger partial charge in [-0.25, -0.2) is 9.18 Å². The van der Waals surface area contributed by atoms with Crippen molar-refractivity contribution in [1.82, 2.24) is 10.2 Å². The van der Waals surface area contributed by atoms with Gasteiger partial charge in [-0.1, -0.05) is 6.07 Å². The van der Waals surface area contributed by atoms with Gasteiger partial charge in [0.2, 0.25) is 0 Å². The van der Waals surface area contributed by atoms with Crippen LogP contribution in [0.5, 0.6) is 0 Å². The molecule has 0 bridgehead atoms. The molecule has 2 rings (SSSR count). The Morgan fingerprint density at radius 1 is 1.45 bits per heavy atom. The van der Waals surface area contributed by atoms with Crippen molar-refractivity contribution < 1.29 is 27.5 Å². The largest absolute Gasteiger partial charge is 0.416 e. The highest BCUT2D eigenvalue weighted by atomic mass is 19.4. The van der Waals surface area contributed by atoms with Gasteiger partial charge < -0.3 is 15.3 Å². The molecule has 1 saturated heterocycles. The number of aliphatic hydroxyl groups excluding tert-OH is 1. The molecule has 0 spiro atoms. The number of nitrogens with zero attached hydrogens (tertiary/aromatic N) is 1. The molecule has 1 aromatic rings. The zero-order valence-corrected chi connectivity index (χ0v) is 11.8. The van der Waals surface area contributed by atoms with Crippen LogP contribution in [0.15, 0.2) is 18.2 Å². The van der Waals surface area contributed by atoms with Crippen LogP contribution >= 0.6 is 0 Å². The van der Waals surface area contributed by atoms with Gasteiger partial charge in [0.15, 0.2) is 0 Å². The number of urea groups is 1. The van der Waals surface area contributed by atoms with Crippen molar-refractivity contribution in [1.29, 1.82) is 0 Å². The van der Waals surface area contributed by atoms with Crippen LogP contribution in [0, 0.1) is 5.82 Å². The summed E-state index contributed by atoms with van der Waals surface area (Å²) in [5.74, 6) is -1.23. The molecular weight excluding hydrogens is 304 g/mol. The normalized spacial score (nSPS) is 17.1. The summed E-state index contributed by atoms with van der Waals surface area (Å²) in [7, 11) is 0. The number of nitrogens with one attached hydrogen (secondary N) is 1. The summed E-state index contributed by atoms with van der Waals surface area (Å²) in [5.41, 5.74) is -0.854. The minimum Gasteiger partial charge on any atom is -0.392 e. The number of halogens is 4. The molecule has 1 aromatic carbocycles. The highest BCUT2D eigenvalue weighted by Gasteiger charge is 2.35. The van der Waals surface area contributed by atoms with Gasteiger partial charge in [-0.3, -0.25) is 0 Å². The molecule has 0 aromatic heterocycles. The average molecular weight is 320 g/mol. The molecule has 1 aliphatic rings. The number of benzene rings is 1. The highest BCUT2D eigenvalue weighted by Crippen LogP contribution is 2.34. The summed E-state index contributed by atoms with van der Waals surface area (Å²) in [6.45, 7) is 2.09. The second kappa shape index (κ2) is 6.12. The van der Waals surface area contributed by atoms with Crippen LogP contribution in [-0.4, -0.2) is 41.8 Å². The van der Waals surface area contributed by atoms with Crippen LogP contribution in [0.3, 0.4) is 0 Å². The quantitative estimate of drug-likeness (QED) is 0.840. The molecule has 8 heteroatoms. The summed E-state index contributed by atoms with van der Waals surface area (Å²) in [5, 5.41) is 11.6. The number of hydrogen-bond donors (Lipinski definition) is 2. The average Bonchev–Trinajstić information content (AvgIpc) is 2.35. The lowest BCUT2D eigenvalue weighted by Gasteiger charge is -2.39. The van der Waals surface area contributed by atoms with Crippen LogP contribution in [0.1, 0.15) is 24.0 Å². The molecule has 122 valence electrons. The Kier molecular flexibility index (Phi) is 4.60.